The lowest BCUT2D eigenvalue weighted by Crippen LogP contribution is -2.33. The van der Waals surface area contributed by atoms with Crippen molar-refractivity contribution in [2.24, 2.45) is 11.8 Å². The monoisotopic (exact) mass is 209 g/mol. The van der Waals surface area contributed by atoms with Gasteiger partial charge in [0.25, 0.3) is 0 Å². The van der Waals surface area contributed by atoms with Gasteiger partial charge in [0, 0.05) is 19.0 Å². The number of nitrogens with zero attached hydrogens (tertiary/aromatic N) is 1. The molecule has 2 atom stereocenters. The Morgan fingerprint density at radius 3 is 2.27 bits per heavy atom. The Bertz CT molecular complexity index is 303. The maximum Gasteiger partial charge on any atom is 0.306 e. The molecule has 1 N–H and O–H groups in total. The van der Waals surface area contributed by atoms with Gasteiger partial charge in [-0.15, -0.1) is 0 Å². The molecule has 2 aliphatic rings. The van der Waals surface area contributed by atoms with E-state index in [0.717, 1.165) is 6.42 Å². The third-order valence-electron chi connectivity index (χ3n) is 3.26. The number of carbonyl (C=O) groups excluding carboxylic acids is 1. The smallest absolute Gasteiger partial charge is 0.306 e. The van der Waals surface area contributed by atoms with E-state index in [1.165, 1.54) is 0 Å². The number of amides is 1. The summed E-state index contributed by atoms with van der Waals surface area (Å²) in [6, 6.07) is 0. The SMILES string of the molecule is O=C(O)C1CCC(C(=O)N2CC=CC2)C1. The van der Waals surface area contributed by atoms with Gasteiger partial charge in [-0.05, 0) is 19.3 Å². The van der Waals surface area contributed by atoms with Crippen LogP contribution >= 0.6 is 0 Å². The van der Waals surface area contributed by atoms with Gasteiger partial charge in [-0.25, -0.2) is 0 Å². The summed E-state index contributed by atoms with van der Waals surface area (Å²) in [5.41, 5.74) is 0. The summed E-state index contributed by atoms with van der Waals surface area (Å²) in [5, 5.41) is 8.84. The van der Waals surface area contributed by atoms with Gasteiger partial charge in [0.2, 0.25) is 5.91 Å². The maximum atomic E-state index is 11.9. The summed E-state index contributed by atoms with van der Waals surface area (Å²) in [5.74, 6) is -1.01. The van der Waals surface area contributed by atoms with E-state index in [0.29, 0.717) is 25.9 Å². The van der Waals surface area contributed by atoms with Crippen molar-refractivity contribution in [3.8, 4) is 0 Å². The second kappa shape index (κ2) is 4.04. The Balaban J connectivity index is 1.90. The molecule has 0 aromatic carbocycles. The highest BCUT2D eigenvalue weighted by molar-refractivity contribution is 5.81. The second-order valence-electron chi connectivity index (χ2n) is 4.26. The molecule has 2 unspecified atom stereocenters. The number of aliphatic carboxylic acids is 1. The molecule has 0 bridgehead atoms. The van der Waals surface area contributed by atoms with Crippen LogP contribution in [0.4, 0.5) is 0 Å². The third-order valence-corrected chi connectivity index (χ3v) is 3.26. The zero-order valence-corrected chi connectivity index (χ0v) is 8.56. The molecule has 1 aliphatic carbocycles. The molecule has 1 saturated carbocycles. The average Bonchev–Trinajstić information content (AvgIpc) is 2.88. The molecular weight excluding hydrogens is 194 g/mol. The quantitative estimate of drug-likeness (QED) is 0.687. The van der Waals surface area contributed by atoms with Crippen LogP contribution in [0.15, 0.2) is 12.2 Å². The maximum absolute atomic E-state index is 11.9. The topological polar surface area (TPSA) is 57.6 Å². The first-order chi connectivity index (χ1) is 7.18. The van der Waals surface area contributed by atoms with Crippen LogP contribution < -0.4 is 0 Å². The second-order valence-corrected chi connectivity index (χ2v) is 4.26. The van der Waals surface area contributed by atoms with Crippen molar-refractivity contribution in [3.63, 3.8) is 0 Å². The van der Waals surface area contributed by atoms with E-state index >= 15 is 0 Å². The van der Waals surface area contributed by atoms with Gasteiger partial charge < -0.3 is 10.0 Å². The van der Waals surface area contributed by atoms with E-state index in [1.54, 1.807) is 4.90 Å². The molecule has 4 nitrogen and oxygen atoms in total. The Morgan fingerprint density at radius 2 is 1.73 bits per heavy atom. The molecular formula is C11H15NO3. The molecule has 82 valence electrons. The summed E-state index contributed by atoms with van der Waals surface area (Å²) in [6.45, 7) is 1.38. The fourth-order valence-corrected chi connectivity index (χ4v) is 2.35. The Labute approximate surface area is 88.6 Å². The van der Waals surface area contributed by atoms with Gasteiger partial charge in [0.05, 0.1) is 5.92 Å². The highest BCUT2D eigenvalue weighted by atomic mass is 16.4. The van der Waals surface area contributed by atoms with E-state index in [1.807, 2.05) is 12.2 Å². The summed E-state index contributed by atoms with van der Waals surface area (Å²) in [7, 11) is 0. The minimum Gasteiger partial charge on any atom is -0.481 e. The lowest BCUT2D eigenvalue weighted by atomic mass is 10.0. The van der Waals surface area contributed by atoms with Gasteiger partial charge in [-0.2, -0.15) is 0 Å². The normalized spacial score (nSPS) is 29.7. The number of carbonyl (C=O) groups is 2. The Morgan fingerprint density at radius 1 is 1.13 bits per heavy atom. The molecule has 4 heteroatoms. The number of rotatable bonds is 2. The largest absolute Gasteiger partial charge is 0.481 e. The fraction of sp³-hybridized carbons (Fsp3) is 0.636. The van der Waals surface area contributed by atoms with Crippen LogP contribution in [0.25, 0.3) is 0 Å². The van der Waals surface area contributed by atoms with E-state index in [4.69, 9.17) is 5.11 Å². The van der Waals surface area contributed by atoms with Crippen molar-refractivity contribution in [1.82, 2.24) is 4.90 Å². The fourth-order valence-electron chi connectivity index (χ4n) is 2.35. The molecule has 0 spiro atoms. The summed E-state index contributed by atoms with van der Waals surface area (Å²) in [6.07, 6.45) is 5.84. The van der Waals surface area contributed by atoms with Crippen molar-refractivity contribution >= 4 is 11.9 Å². The highest BCUT2D eigenvalue weighted by Gasteiger charge is 2.35. The van der Waals surface area contributed by atoms with Crippen molar-refractivity contribution in [2.75, 3.05) is 13.1 Å². The third kappa shape index (κ3) is 2.03. The highest BCUT2D eigenvalue weighted by Crippen LogP contribution is 2.32. The first-order valence-electron chi connectivity index (χ1n) is 5.35. The van der Waals surface area contributed by atoms with Crippen LogP contribution in [0.1, 0.15) is 19.3 Å². The van der Waals surface area contributed by atoms with Crippen LogP contribution in [0.2, 0.25) is 0 Å². The van der Waals surface area contributed by atoms with E-state index in [9.17, 15) is 9.59 Å². The lowest BCUT2D eigenvalue weighted by molar-refractivity contribution is -0.141. The van der Waals surface area contributed by atoms with Crippen LogP contribution in [0.5, 0.6) is 0 Å². The van der Waals surface area contributed by atoms with Crippen molar-refractivity contribution in [1.29, 1.82) is 0 Å². The first-order valence-corrected chi connectivity index (χ1v) is 5.35. The van der Waals surface area contributed by atoms with Crippen molar-refractivity contribution in [2.45, 2.75) is 19.3 Å². The van der Waals surface area contributed by atoms with Gasteiger partial charge in [-0.3, -0.25) is 9.59 Å². The first kappa shape index (κ1) is 10.2. The lowest BCUT2D eigenvalue weighted by Gasteiger charge is -2.19. The molecule has 0 aromatic heterocycles. The van der Waals surface area contributed by atoms with E-state index in [-0.39, 0.29) is 17.7 Å². The summed E-state index contributed by atoms with van der Waals surface area (Å²) < 4.78 is 0. The Kier molecular flexibility index (Phi) is 2.75. The molecule has 1 fully saturated rings. The zero-order chi connectivity index (χ0) is 10.8. The van der Waals surface area contributed by atoms with Crippen LogP contribution in [-0.2, 0) is 9.59 Å². The molecule has 0 aromatic rings. The number of carboxylic acids is 1. The molecule has 0 radical (unpaired) electrons. The predicted molar refractivity (Wildman–Crippen MR) is 54.2 cm³/mol. The van der Waals surface area contributed by atoms with Crippen molar-refractivity contribution < 1.29 is 14.7 Å². The number of carboxylic acid groups (broad SMARTS) is 1. The van der Waals surface area contributed by atoms with Gasteiger partial charge in [0.1, 0.15) is 0 Å². The van der Waals surface area contributed by atoms with Crippen LogP contribution in [0.3, 0.4) is 0 Å². The molecule has 1 aliphatic heterocycles. The minimum absolute atomic E-state index is 0.0639. The Hall–Kier alpha value is -1.32. The van der Waals surface area contributed by atoms with Crippen LogP contribution in [0, 0.1) is 11.8 Å². The average molecular weight is 209 g/mol. The molecule has 15 heavy (non-hydrogen) atoms. The molecule has 2 rings (SSSR count). The standard InChI is InChI=1S/C11H15NO3/c13-10(12-5-1-2-6-12)8-3-4-9(7-8)11(14)15/h1-2,8-9H,3-7H2,(H,14,15). The van der Waals surface area contributed by atoms with E-state index in [2.05, 4.69) is 0 Å². The minimum atomic E-state index is -0.759. The number of hydrogen-bond acceptors (Lipinski definition) is 2. The zero-order valence-electron chi connectivity index (χ0n) is 8.56. The molecule has 1 heterocycles. The molecule has 0 saturated heterocycles. The predicted octanol–water partition coefficient (Wildman–Crippen LogP) is 0.886. The summed E-state index contributed by atoms with van der Waals surface area (Å²) in [4.78, 5) is 24.4. The van der Waals surface area contributed by atoms with Crippen molar-refractivity contribution in [3.05, 3.63) is 12.2 Å². The summed E-state index contributed by atoms with van der Waals surface area (Å²) >= 11 is 0. The van der Waals surface area contributed by atoms with Gasteiger partial charge in [0.15, 0.2) is 0 Å². The van der Waals surface area contributed by atoms with E-state index < -0.39 is 5.97 Å². The van der Waals surface area contributed by atoms with Crippen LogP contribution in [-0.4, -0.2) is 35.0 Å². The van der Waals surface area contributed by atoms with Gasteiger partial charge in [-0.1, -0.05) is 12.2 Å². The number of hydrogen-bond donors (Lipinski definition) is 1. The van der Waals surface area contributed by atoms with Gasteiger partial charge >= 0.3 is 5.97 Å². The molecule has 1 amide bonds.